The molecular formula is C25H27NO. The number of nitrogens with one attached hydrogen (secondary N) is 1. The van der Waals surface area contributed by atoms with Gasteiger partial charge < -0.3 is 5.32 Å². The molecular weight excluding hydrogens is 330 g/mol. The molecule has 0 unspecified atom stereocenters. The molecule has 4 rings (SSSR count). The van der Waals surface area contributed by atoms with Crippen LogP contribution >= 0.6 is 0 Å². The summed E-state index contributed by atoms with van der Waals surface area (Å²) in [6, 6.07) is 25.3. The summed E-state index contributed by atoms with van der Waals surface area (Å²) in [5, 5.41) is 5.85. The third-order valence-corrected chi connectivity index (χ3v) is 6.01. The minimum Gasteiger partial charge on any atom is -0.355 e. The predicted octanol–water partition coefficient (Wildman–Crippen LogP) is 5.40. The molecule has 0 radical (unpaired) electrons. The van der Waals surface area contributed by atoms with Crippen molar-refractivity contribution in [2.45, 2.75) is 43.9 Å². The molecule has 1 N–H and O–H groups in total. The van der Waals surface area contributed by atoms with Gasteiger partial charge in [0.05, 0.1) is 5.41 Å². The topological polar surface area (TPSA) is 29.1 Å². The van der Waals surface area contributed by atoms with Crippen molar-refractivity contribution in [1.29, 1.82) is 0 Å². The van der Waals surface area contributed by atoms with Crippen LogP contribution in [-0.2, 0) is 16.6 Å². The Hall–Kier alpha value is -2.61. The molecule has 3 aromatic carbocycles. The third kappa shape index (κ3) is 3.62. The first-order valence-corrected chi connectivity index (χ1v) is 10.1. The van der Waals surface area contributed by atoms with Gasteiger partial charge in [0, 0.05) is 6.54 Å². The van der Waals surface area contributed by atoms with Crippen LogP contribution < -0.4 is 5.32 Å². The first-order valence-electron chi connectivity index (χ1n) is 10.1. The Bertz CT molecular complexity index is 905. The molecule has 2 nitrogen and oxygen atoms in total. The van der Waals surface area contributed by atoms with E-state index in [0.717, 1.165) is 45.1 Å². The molecule has 0 heterocycles. The summed E-state index contributed by atoms with van der Waals surface area (Å²) in [4.78, 5) is 13.1. The standard InChI is InChI=1S/C25H27NO/c27-24(25(17-6-7-18-25)22-14-2-1-3-15-22)26-19-9-13-21-12-8-11-20-10-4-5-16-23(20)21/h1-5,8,10-12,14-16H,6-7,9,13,17-19H2,(H,26,27). The molecule has 0 aromatic heterocycles. The fourth-order valence-corrected chi connectivity index (χ4v) is 4.54. The van der Waals surface area contributed by atoms with Crippen molar-refractivity contribution in [1.82, 2.24) is 5.32 Å². The second-order valence-electron chi connectivity index (χ2n) is 7.65. The van der Waals surface area contributed by atoms with Gasteiger partial charge in [-0.2, -0.15) is 0 Å². The Balaban J connectivity index is 1.39. The molecule has 0 aliphatic heterocycles. The van der Waals surface area contributed by atoms with Gasteiger partial charge in [0.25, 0.3) is 0 Å². The van der Waals surface area contributed by atoms with E-state index in [1.165, 1.54) is 21.9 Å². The highest BCUT2D eigenvalue weighted by molar-refractivity contribution is 5.88. The van der Waals surface area contributed by atoms with Crippen LogP contribution in [0.4, 0.5) is 0 Å². The van der Waals surface area contributed by atoms with E-state index < -0.39 is 0 Å². The summed E-state index contributed by atoms with van der Waals surface area (Å²) in [6.45, 7) is 0.733. The highest BCUT2D eigenvalue weighted by atomic mass is 16.2. The van der Waals surface area contributed by atoms with E-state index in [-0.39, 0.29) is 11.3 Å². The molecule has 27 heavy (non-hydrogen) atoms. The van der Waals surface area contributed by atoms with Crippen LogP contribution in [0.1, 0.15) is 43.2 Å². The van der Waals surface area contributed by atoms with Crippen molar-refractivity contribution in [2.75, 3.05) is 6.54 Å². The molecule has 1 aliphatic rings. The molecule has 138 valence electrons. The van der Waals surface area contributed by atoms with Crippen molar-refractivity contribution >= 4 is 16.7 Å². The summed E-state index contributed by atoms with van der Waals surface area (Å²) in [7, 11) is 0. The number of carbonyl (C=O) groups excluding carboxylic acids is 1. The maximum Gasteiger partial charge on any atom is 0.230 e. The van der Waals surface area contributed by atoms with Gasteiger partial charge in [0.1, 0.15) is 0 Å². The fourth-order valence-electron chi connectivity index (χ4n) is 4.54. The van der Waals surface area contributed by atoms with Crippen molar-refractivity contribution < 1.29 is 4.79 Å². The minimum atomic E-state index is -0.319. The van der Waals surface area contributed by atoms with E-state index in [9.17, 15) is 4.79 Å². The maximum atomic E-state index is 13.1. The number of hydrogen-bond donors (Lipinski definition) is 1. The summed E-state index contributed by atoms with van der Waals surface area (Å²) in [5.74, 6) is 0.212. The smallest absolute Gasteiger partial charge is 0.230 e. The lowest BCUT2D eigenvalue weighted by Crippen LogP contribution is -2.43. The largest absolute Gasteiger partial charge is 0.355 e. The van der Waals surface area contributed by atoms with Crippen molar-refractivity contribution in [3.8, 4) is 0 Å². The number of fused-ring (bicyclic) bond motifs is 1. The lowest BCUT2D eigenvalue weighted by Gasteiger charge is -2.28. The molecule has 3 aromatic rings. The van der Waals surface area contributed by atoms with Gasteiger partial charge in [0.15, 0.2) is 0 Å². The number of hydrogen-bond acceptors (Lipinski definition) is 1. The van der Waals surface area contributed by atoms with E-state index in [1.54, 1.807) is 0 Å². The molecule has 2 heteroatoms. The van der Waals surface area contributed by atoms with Crippen LogP contribution in [0, 0.1) is 0 Å². The zero-order valence-electron chi connectivity index (χ0n) is 15.8. The fraction of sp³-hybridized carbons (Fsp3) is 0.320. The average molecular weight is 357 g/mol. The second kappa shape index (κ2) is 7.96. The van der Waals surface area contributed by atoms with Gasteiger partial charge >= 0.3 is 0 Å². The lowest BCUT2D eigenvalue weighted by molar-refractivity contribution is -0.126. The van der Waals surface area contributed by atoms with Crippen LogP contribution in [-0.4, -0.2) is 12.5 Å². The molecule has 0 atom stereocenters. The molecule has 0 spiro atoms. The summed E-state index contributed by atoms with van der Waals surface area (Å²) in [6.07, 6.45) is 6.15. The molecule has 1 saturated carbocycles. The Labute approximate surface area is 161 Å². The van der Waals surface area contributed by atoms with Gasteiger partial charge in [-0.05, 0) is 47.6 Å². The van der Waals surface area contributed by atoms with Gasteiger partial charge in [-0.15, -0.1) is 0 Å². The average Bonchev–Trinajstić information content (AvgIpc) is 3.23. The second-order valence-corrected chi connectivity index (χ2v) is 7.65. The summed E-state index contributed by atoms with van der Waals surface area (Å²) < 4.78 is 0. The van der Waals surface area contributed by atoms with Gasteiger partial charge in [-0.3, -0.25) is 4.79 Å². The summed E-state index contributed by atoms with van der Waals surface area (Å²) in [5.41, 5.74) is 2.22. The SMILES string of the molecule is O=C(NCCCc1cccc2ccccc12)C1(c2ccccc2)CCCC1. The monoisotopic (exact) mass is 357 g/mol. The van der Waals surface area contributed by atoms with Crippen molar-refractivity contribution in [2.24, 2.45) is 0 Å². The number of rotatable bonds is 6. The number of carbonyl (C=O) groups is 1. The zero-order chi connectivity index (χ0) is 18.5. The van der Waals surface area contributed by atoms with E-state index in [0.29, 0.717) is 0 Å². The Kier molecular flexibility index (Phi) is 5.24. The van der Waals surface area contributed by atoms with Crippen LogP contribution in [0.2, 0.25) is 0 Å². The Morgan fingerprint density at radius 3 is 2.37 bits per heavy atom. The van der Waals surface area contributed by atoms with E-state index in [4.69, 9.17) is 0 Å². The van der Waals surface area contributed by atoms with Gasteiger partial charge in [-0.25, -0.2) is 0 Å². The third-order valence-electron chi connectivity index (χ3n) is 6.01. The van der Waals surface area contributed by atoms with Gasteiger partial charge in [-0.1, -0.05) is 85.6 Å². The maximum absolute atomic E-state index is 13.1. The first kappa shape index (κ1) is 17.8. The molecule has 1 aliphatic carbocycles. The number of aryl methyl sites for hydroxylation is 1. The van der Waals surface area contributed by atoms with Crippen LogP contribution in [0.15, 0.2) is 72.8 Å². The molecule has 0 bridgehead atoms. The van der Waals surface area contributed by atoms with Crippen molar-refractivity contribution in [3.63, 3.8) is 0 Å². The lowest BCUT2D eigenvalue weighted by atomic mass is 9.78. The molecule has 1 amide bonds. The first-order chi connectivity index (χ1) is 13.3. The van der Waals surface area contributed by atoms with Crippen molar-refractivity contribution in [3.05, 3.63) is 83.9 Å². The number of amides is 1. The van der Waals surface area contributed by atoms with Crippen LogP contribution in [0.3, 0.4) is 0 Å². The highest BCUT2D eigenvalue weighted by Crippen LogP contribution is 2.41. The number of benzene rings is 3. The van der Waals surface area contributed by atoms with Crippen LogP contribution in [0.5, 0.6) is 0 Å². The molecule has 1 fully saturated rings. The molecule has 0 saturated heterocycles. The predicted molar refractivity (Wildman–Crippen MR) is 112 cm³/mol. The quantitative estimate of drug-likeness (QED) is 0.588. The van der Waals surface area contributed by atoms with Gasteiger partial charge in [0.2, 0.25) is 5.91 Å². The van der Waals surface area contributed by atoms with E-state index in [2.05, 4.69) is 59.9 Å². The van der Waals surface area contributed by atoms with E-state index >= 15 is 0 Å². The Morgan fingerprint density at radius 2 is 1.56 bits per heavy atom. The normalized spacial score (nSPS) is 15.7. The minimum absolute atomic E-state index is 0.212. The highest BCUT2D eigenvalue weighted by Gasteiger charge is 2.42. The van der Waals surface area contributed by atoms with Crippen LogP contribution in [0.25, 0.3) is 10.8 Å². The zero-order valence-corrected chi connectivity index (χ0v) is 15.8. The summed E-state index contributed by atoms with van der Waals surface area (Å²) >= 11 is 0. The Morgan fingerprint density at radius 1 is 0.852 bits per heavy atom. The van der Waals surface area contributed by atoms with E-state index in [1.807, 2.05) is 18.2 Å².